The summed E-state index contributed by atoms with van der Waals surface area (Å²) in [5.41, 5.74) is 7.29. The summed E-state index contributed by atoms with van der Waals surface area (Å²) < 4.78 is 0. The molecule has 0 aliphatic heterocycles. The highest BCUT2D eigenvalue weighted by molar-refractivity contribution is 5.78. The van der Waals surface area contributed by atoms with Crippen LogP contribution in [0.3, 0.4) is 0 Å². The first kappa shape index (κ1) is 13.5. The van der Waals surface area contributed by atoms with Crippen molar-refractivity contribution in [3.05, 3.63) is 40.3 Å². The lowest BCUT2D eigenvalue weighted by Gasteiger charge is -2.13. The van der Waals surface area contributed by atoms with Crippen LogP contribution in [0.25, 0.3) is 11.3 Å². The standard InChI is InChI=1S/C16H20N2O/c1-9-6-10(2)13(5)16(12(9)4)14-8-17-15(18-14)7-11(3)19/h6,8H,7H2,1-5H3,(H,17,18). The number of nitrogens with zero attached hydrogens (tertiary/aromatic N) is 1. The number of H-pyrrole nitrogens is 1. The van der Waals surface area contributed by atoms with Gasteiger partial charge in [-0.1, -0.05) is 6.07 Å². The molecule has 0 bridgehead atoms. The largest absolute Gasteiger partial charge is 0.342 e. The fourth-order valence-corrected chi connectivity index (χ4v) is 2.44. The second-order valence-electron chi connectivity index (χ2n) is 5.26. The van der Waals surface area contributed by atoms with E-state index in [0.29, 0.717) is 6.42 Å². The van der Waals surface area contributed by atoms with E-state index < -0.39 is 0 Å². The number of carbonyl (C=O) groups is 1. The van der Waals surface area contributed by atoms with E-state index in [4.69, 9.17) is 0 Å². The number of aromatic nitrogens is 2. The van der Waals surface area contributed by atoms with E-state index in [1.54, 1.807) is 6.92 Å². The number of nitrogens with one attached hydrogen (secondary N) is 1. The number of carbonyl (C=O) groups excluding carboxylic acids is 1. The third-order valence-corrected chi connectivity index (χ3v) is 3.68. The van der Waals surface area contributed by atoms with Crippen LogP contribution in [0.15, 0.2) is 12.3 Å². The first-order chi connectivity index (χ1) is 8.90. The van der Waals surface area contributed by atoms with Crippen LogP contribution in [0.4, 0.5) is 0 Å². The molecular formula is C16H20N2O. The molecular weight excluding hydrogens is 236 g/mol. The van der Waals surface area contributed by atoms with E-state index in [1.165, 1.54) is 27.8 Å². The molecule has 0 radical (unpaired) electrons. The average Bonchev–Trinajstić information content (AvgIpc) is 2.74. The highest BCUT2D eigenvalue weighted by Gasteiger charge is 2.13. The zero-order valence-electron chi connectivity index (χ0n) is 12.2. The number of rotatable bonds is 3. The lowest BCUT2D eigenvalue weighted by atomic mass is 9.93. The molecule has 0 fully saturated rings. The van der Waals surface area contributed by atoms with Gasteiger partial charge in [-0.25, -0.2) is 4.98 Å². The number of benzene rings is 1. The summed E-state index contributed by atoms with van der Waals surface area (Å²) in [7, 11) is 0. The van der Waals surface area contributed by atoms with Gasteiger partial charge in [0.05, 0.1) is 18.3 Å². The first-order valence-electron chi connectivity index (χ1n) is 6.51. The van der Waals surface area contributed by atoms with Crippen molar-refractivity contribution in [3.8, 4) is 11.3 Å². The maximum Gasteiger partial charge on any atom is 0.137 e. The van der Waals surface area contributed by atoms with Gasteiger partial charge in [0.25, 0.3) is 0 Å². The Balaban J connectivity index is 2.53. The second kappa shape index (κ2) is 5.00. The smallest absolute Gasteiger partial charge is 0.137 e. The van der Waals surface area contributed by atoms with Crippen molar-refractivity contribution in [1.82, 2.24) is 9.97 Å². The Bertz CT molecular complexity index is 612. The van der Waals surface area contributed by atoms with E-state index in [2.05, 4.69) is 43.7 Å². The lowest BCUT2D eigenvalue weighted by molar-refractivity contribution is -0.116. The monoisotopic (exact) mass is 256 g/mol. The van der Waals surface area contributed by atoms with Crippen molar-refractivity contribution in [2.24, 2.45) is 0 Å². The average molecular weight is 256 g/mol. The molecule has 0 unspecified atom stereocenters. The van der Waals surface area contributed by atoms with Crippen molar-refractivity contribution in [1.29, 1.82) is 0 Å². The molecule has 0 saturated heterocycles. The number of hydrogen-bond donors (Lipinski definition) is 1. The molecule has 3 nitrogen and oxygen atoms in total. The van der Waals surface area contributed by atoms with Gasteiger partial charge < -0.3 is 4.98 Å². The summed E-state index contributed by atoms with van der Waals surface area (Å²) in [6.45, 7) is 10.1. The molecule has 2 aromatic rings. The van der Waals surface area contributed by atoms with E-state index in [0.717, 1.165) is 11.5 Å². The maximum atomic E-state index is 11.1. The summed E-state index contributed by atoms with van der Waals surface area (Å²) in [5.74, 6) is 0.857. The van der Waals surface area contributed by atoms with Gasteiger partial charge in [-0.05, 0) is 56.9 Å². The molecule has 1 heterocycles. The van der Waals surface area contributed by atoms with Crippen molar-refractivity contribution in [3.63, 3.8) is 0 Å². The molecule has 3 heteroatoms. The zero-order valence-corrected chi connectivity index (χ0v) is 12.2. The van der Waals surface area contributed by atoms with E-state index >= 15 is 0 Å². The molecule has 2 rings (SSSR count). The second-order valence-corrected chi connectivity index (χ2v) is 5.26. The molecule has 0 amide bonds. The first-order valence-corrected chi connectivity index (χ1v) is 6.51. The van der Waals surface area contributed by atoms with Gasteiger partial charge >= 0.3 is 0 Å². The minimum Gasteiger partial charge on any atom is -0.342 e. The molecule has 19 heavy (non-hydrogen) atoms. The summed E-state index contributed by atoms with van der Waals surface area (Å²) in [6.07, 6.45) is 2.19. The quantitative estimate of drug-likeness (QED) is 0.914. The molecule has 1 aromatic heterocycles. The maximum absolute atomic E-state index is 11.1. The fraction of sp³-hybridized carbons (Fsp3) is 0.375. The van der Waals surface area contributed by atoms with Crippen LogP contribution in [-0.4, -0.2) is 15.8 Å². The van der Waals surface area contributed by atoms with Crippen LogP contribution in [0.2, 0.25) is 0 Å². The Labute approximate surface area is 114 Å². The Hall–Kier alpha value is -1.90. The van der Waals surface area contributed by atoms with E-state index in [1.807, 2.05) is 6.20 Å². The van der Waals surface area contributed by atoms with Crippen LogP contribution in [0.5, 0.6) is 0 Å². The van der Waals surface area contributed by atoms with Crippen molar-refractivity contribution in [2.45, 2.75) is 41.0 Å². The normalized spacial score (nSPS) is 10.8. The Morgan fingerprint density at radius 3 is 2.26 bits per heavy atom. The van der Waals surface area contributed by atoms with Crippen molar-refractivity contribution < 1.29 is 4.79 Å². The molecule has 0 aliphatic carbocycles. The zero-order chi connectivity index (χ0) is 14.2. The van der Waals surface area contributed by atoms with Crippen molar-refractivity contribution >= 4 is 5.78 Å². The Morgan fingerprint density at radius 1 is 1.16 bits per heavy atom. The molecule has 0 spiro atoms. The SMILES string of the molecule is CC(=O)Cc1ncc(-c2c(C)c(C)cc(C)c2C)[nH]1. The van der Waals surface area contributed by atoms with Crippen LogP contribution >= 0.6 is 0 Å². The topological polar surface area (TPSA) is 45.8 Å². The van der Waals surface area contributed by atoms with Gasteiger partial charge in [-0.3, -0.25) is 4.79 Å². The van der Waals surface area contributed by atoms with Gasteiger partial charge in [0.15, 0.2) is 0 Å². The molecule has 0 saturated carbocycles. The van der Waals surface area contributed by atoms with E-state index in [9.17, 15) is 4.79 Å². The molecule has 1 aromatic carbocycles. The Morgan fingerprint density at radius 2 is 1.74 bits per heavy atom. The highest BCUT2D eigenvalue weighted by Crippen LogP contribution is 2.30. The summed E-state index contributed by atoms with van der Waals surface area (Å²) in [5, 5.41) is 0. The minimum atomic E-state index is 0.120. The summed E-state index contributed by atoms with van der Waals surface area (Å²) >= 11 is 0. The number of imidazole rings is 1. The minimum absolute atomic E-state index is 0.120. The van der Waals surface area contributed by atoms with Gasteiger partial charge in [-0.15, -0.1) is 0 Å². The molecule has 0 aliphatic rings. The van der Waals surface area contributed by atoms with Gasteiger partial charge in [0.2, 0.25) is 0 Å². The number of aromatic amines is 1. The fourth-order valence-electron chi connectivity index (χ4n) is 2.44. The third kappa shape index (κ3) is 2.60. The number of hydrogen-bond acceptors (Lipinski definition) is 2. The van der Waals surface area contributed by atoms with Gasteiger partial charge in [-0.2, -0.15) is 0 Å². The summed E-state index contributed by atoms with van der Waals surface area (Å²) in [4.78, 5) is 18.7. The van der Waals surface area contributed by atoms with Crippen LogP contribution in [-0.2, 0) is 11.2 Å². The van der Waals surface area contributed by atoms with Crippen molar-refractivity contribution in [2.75, 3.05) is 0 Å². The lowest BCUT2D eigenvalue weighted by Crippen LogP contribution is -1.99. The third-order valence-electron chi connectivity index (χ3n) is 3.68. The number of ketones is 1. The highest BCUT2D eigenvalue weighted by atomic mass is 16.1. The van der Waals surface area contributed by atoms with Crippen LogP contribution < -0.4 is 0 Å². The predicted octanol–water partition coefficient (Wildman–Crippen LogP) is 3.44. The number of Topliss-reactive ketones (excluding diaryl/α,β-unsaturated/α-hetero) is 1. The van der Waals surface area contributed by atoms with Gasteiger partial charge in [0, 0.05) is 5.56 Å². The Kier molecular flexibility index (Phi) is 3.56. The molecule has 100 valence electrons. The number of aryl methyl sites for hydroxylation is 2. The van der Waals surface area contributed by atoms with Gasteiger partial charge in [0.1, 0.15) is 11.6 Å². The van der Waals surface area contributed by atoms with E-state index in [-0.39, 0.29) is 5.78 Å². The van der Waals surface area contributed by atoms with Crippen LogP contribution in [0.1, 0.15) is 35.0 Å². The predicted molar refractivity (Wildman–Crippen MR) is 77.4 cm³/mol. The summed E-state index contributed by atoms with van der Waals surface area (Å²) in [6, 6.07) is 2.21. The van der Waals surface area contributed by atoms with Crippen LogP contribution in [0, 0.1) is 27.7 Å². The molecule has 0 atom stereocenters. The molecule has 1 N–H and O–H groups in total.